The fourth-order valence-corrected chi connectivity index (χ4v) is 1.11. The Morgan fingerprint density at radius 1 is 1.09 bits per heavy atom. The monoisotopic (exact) mass is 154 g/mol. The van der Waals surface area contributed by atoms with E-state index in [4.69, 9.17) is 0 Å². The van der Waals surface area contributed by atoms with E-state index in [0.717, 1.165) is 17.3 Å². The Hall–Kier alpha value is -0.560. The topological polar surface area (TPSA) is 0 Å². The van der Waals surface area contributed by atoms with Gasteiger partial charge in [-0.3, -0.25) is 0 Å². The third-order valence-electron chi connectivity index (χ3n) is 1.97. The molecule has 0 N–H and O–H groups in total. The standard InChI is InChI=1S/C10H20N/c1-6-8-10(9-7-2)11(3,4)5/h6-7,10H,1-2,8-9H2,3-5H3/q+1. The van der Waals surface area contributed by atoms with Gasteiger partial charge in [0.15, 0.2) is 0 Å². The number of hydrogen-bond donors (Lipinski definition) is 0. The summed E-state index contributed by atoms with van der Waals surface area (Å²) in [4.78, 5) is 0. The molecule has 0 aromatic heterocycles. The van der Waals surface area contributed by atoms with Gasteiger partial charge >= 0.3 is 0 Å². The summed E-state index contributed by atoms with van der Waals surface area (Å²) in [6.07, 6.45) is 6.10. The maximum Gasteiger partial charge on any atom is 0.0953 e. The van der Waals surface area contributed by atoms with E-state index in [-0.39, 0.29) is 0 Å². The van der Waals surface area contributed by atoms with Gasteiger partial charge < -0.3 is 4.48 Å². The predicted molar refractivity (Wildman–Crippen MR) is 51.4 cm³/mol. The van der Waals surface area contributed by atoms with Crippen molar-refractivity contribution < 1.29 is 4.48 Å². The van der Waals surface area contributed by atoms with Gasteiger partial charge in [0.05, 0.1) is 27.2 Å². The van der Waals surface area contributed by atoms with Gasteiger partial charge in [-0.25, -0.2) is 0 Å². The minimum Gasteiger partial charge on any atom is -0.328 e. The van der Waals surface area contributed by atoms with Crippen LogP contribution in [-0.2, 0) is 0 Å². The normalized spacial score (nSPS) is 11.6. The second-order valence-electron chi connectivity index (χ2n) is 3.82. The summed E-state index contributed by atoms with van der Waals surface area (Å²) < 4.78 is 0.984. The van der Waals surface area contributed by atoms with Crippen molar-refractivity contribution in [3.05, 3.63) is 25.3 Å². The third kappa shape index (κ3) is 3.99. The molecule has 0 radical (unpaired) electrons. The van der Waals surface area contributed by atoms with Crippen LogP contribution in [0.2, 0.25) is 0 Å². The molecule has 0 aromatic carbocycles. The molecule has 0 atom stereocenters. The first-order valence-electron chi connectivity index (χ1n) is 4.05. The maximum atomic E-state index is 3.75. The predicted octanol–water partition coefficient (Wildman–Crippen LogP) is 2.21. The van der Waals surface area contributed by atoms with Crippen LogP contribution in [0.5, 0.6) is 0 Å². The minimum atomic E-state index is 0.630. The number of nitrogens with zero attached hydrogens (tertiary/aromatic N) is 1. The van der Waals surface area contributed by atoms with Gasteiger partial charge in [-0.05, 0) is 0 Å². The summed E-state index contributed by atoms with van der Waals surface area (Å²) in [5, 5.41) is 0. The average molecular weight is 154 g/mol. The smallest absolute Gasteiger partial charge is 0.0953 e. The zero-order chi connectivity index (χ0) is 8.91. The van der Waals surface area contributed by atoms with E-state index in [0.29, 0.717) is 6.04 Å². The highest BCUT2D eigenvalue weighted by molar-refractivity contribution is 4.79. The van der Waals surface area contributed by atoms with Crippen molar-refractivity contribution in [3.63, 3.8) is 0 Å². The van der Waals surface area contributed by atoms with Crippen molar-refractivity contribution >= 4 is 0 Å². The Kier molecular flexibility index (Phi) is 4.12. The average Bonchev–Trinajstić information content (AvgIpc) is 1.85. The molecule has 0 aliphatic carbocycles. The van der Waals surface area contributed by atoms with Crippen LogP contribution in [0.25, 0.3) is 0 Å². The van der Waals surface area contributed by atoms with Gasteiger partial charge in [0.25, 0.3) is 0 Å². The molecule has 0 aromatic rings. The van der Waals surface area contributed by atoms with Crippen LogP contribution in [0.4, 0.5) is 0 Å². The van der Waals surface area contributed by atoms with E-state index in [1.807, 2.05) is 12.2 Å². The number of quaternary nitrogens is 1. The molecule has 1 heteroatoms. The van der Waals surface area contributed by atoms with Crippen LogP contribution in [0, 0.1) is 0 Å². The molecule has 0 saturated heterocycles. The first-order valence-corrected chi connectivity index (χ1v) is 4.05. The second-order valence-corrected chi connectivity index (χ2v) is 3.82. The molecule has 0 fully saturated rings. The highest BCUT2D eigenvalue weighted by Crippen LogP contribution is 2.12. The van der Waals surface area contributed by atoms with Crippen LogP contribution >= 0.6 is 0 Å². The highest BCUT2D eigenvalue weighted by atomic mass is 15.3. The Labute approximate surface area is 70.6 Å². The lowest BCUT2D eigenvalue weighted by Crippen LogP contribution is -2.44. The van der Waals surface area contributed by atoms with Gasteiger partial charge in [0.1, 0.15) is 0 Å². The van der Waals surface area contributed by atoms with E-state index in [2.05, 4.69) is 34.3 Å². The summed E-state index contributed by atoms with van der Waals surface area (Å²) in [7, 11) is 6.62. The molecule has 0 amide bonds. The Morgan fingerprint density at radius 3 is 1.64 bits per heavy atom. The Bertz CT molecular complexity index is 120. The van der Waals surface area contributed by atoms with Gasteiger partial charge in [-0.1, -0.05) is 12.2 Å². The first-order chi connectivity index (χ1) is 5.02. The molecule has 0 bridgehead atoms. The molecular formula is C10H20N+. The molecular weight excluding hydrogens is 134 g/mol. The molecule has 0 spiro atoms. The second kappa shape index (κ2) is 4.35. The minimum absolute atomic E-state index is 0.630. The van der Waals surface area contributed by atoms with Crippen LogP contribution in [0.3, 0.4) is 0 Å². The molecule has 0 aliphatic heterocycles. The van der Waals surface area contributed by atoms with Crippen LogP contribution in [-0.4, -0.2) is 31.7 Å². The SMILES string of the molecule is C=CCC(CC=C)[N+](C)(C)C. The van der Waals surface area contributed by atoms with E-state index in [1.165, 1.54) is 0 Å². The Balaban J connectivity index is 4.08. The number of rotatable bonds is 5. The summed E-state index contributed by atoms with van der Waals surface area (Å²) in [6, 6.07) is 0.630. The van der Waals surface area contributed by atoms with Crippen LogP contribution in [0.15, 0.2) is 25.3 Å². The number of hydrogen-bond acceptors (Lipinski definition) is 0. The van der Waals surface area contributed by atoms with Crippen LogP contribution < -0.4 is 0 Å². The summed E-state index contributed by atoms with van der Waals surface area (Å²) in [6.45, 7) is 7.50. The van der Waals surface area contributed by atoms with Gasteiger partial charge in [-0.2, -0.15) is 0 Å². The summed E-state index contributed by atoms with van der Waals surface area (Å²) in [5.41, 5.74) is 0. The van der Waals surface area contributed by atoms with E-state index >= 15 is 0 Å². The summed E-state index contributed by atoms with van der Waals surface area (Å²) in [5.74, 6) is 0. The van der Waals surface area contributed by atoms with E-state index in [9.17, 15) is 0 Å². The zero-order valence-electron chi connectivity index (χ0n) is 8.01. The van der Waals surface area contributed by atoms with Crippen molar-refractivity contribution in [2.45, 2.75) is 18.9 Å². The lowest BCUT2D eigenvalue weighted by atomic mass is 10.1. The zero-order valence-corrected chi connectivity index (χ0v) is 8.01. The summed E-state index contributed by atoms with van der Waals surface area (Å²) >= 11 is 0. The first kappa shape index (κ1) is 10.4. The molecule has 1 nitrogen and oxygen atoms in total. The molecule has 0 aliphatic rings. The van der Waals surface area contributed by atoms with E-state index < -0.39 is 0 Å². The van der Waals surface area contributed by atoms with Gasteiger partial charge in [0.2, 0.25) is 0 Å². The highest BCUT2D eigenvalue weighted by Gasteiger charge is 2.19. The molecule has 0 rings (SSSR count). The van der Waals surface area contributed by atoms with Crippen molar-refractivity contribution in [2.24, 2.45) is 0 Å². The van der Waals surface area contributed by atoms with Crippen molar-refractivity contribution in [1.82, 2.24) is 0 Å². The molecule has 0 saturated carbocycles. The van der Waals surface area contributed by atoms with Crippen molar-refractivity contribution in [2.75, 3.05) is 21.1 Å². The third-order valence-corrected chi connectivity index (χ3v) is 1.97. The van der Waals surface area contributed by atoms with Gasteiger partial charge in [-0.15, -0.1) is 13.2 Å². The molecule has 0 heterocycles. The van der Waals surface area contributed by atoms with Crippen molar-refractivity contribution in [3.8, 4) is 0 Å². The quantitative estimate of drug-likeness (QED) is 0.421. The molecule has 64 valence electrons. The van der Waals surface area contributed by atoms with Crippen molar-refractivity contribution in [1.29, 1.82) is 0 Å². The largest absolute Gasteiger partial charge is 0.328 e. The van der Waals surface area contributed by atoms with Crippen LogP contribution in [0.1, 0.15) is 12.8 Å². The fourth-order valence-electron chi connectivity index (χ4n) is 1.11. The lowest BCUT2D eigenvalue weighted by molar-refractivity contribution is -0.895. The maximum absolute atomic E-state index is 3.75. The fraction of sp³-hybridized carbons (Fsp3) is 0.600. The molecule has 11 heavy (non-hydrogen) atoms. The molecule has 0 unspecified atom stereocenters. The lowest BCUT2D eigenvalue weighted by Gasteiger charge is -2.33. The van der Waals surface area contributed by atoms with Gasteiger partial charge in [0, 0.05) is 12.8 Å². The Morgan fingerprint density at radius 2 is 1.45 bits per heavy atom. The van der Waals surface area contributed by atoms with E-state index in [1.54, 1.807) is 0 Å².